The van der Waals surface area contributed by atoms with Gasteiger partial charge in [0.05, 0.1) is 11.0 Å². The summed E-state index contributed by atoms with van der Waals surface area (Å²) >= 11 is 0. The standard InChI is InChI=1S/C18H22N4/c1-14-7-8-16-17(11-14)21-18(20-16)6-4-10-22(2)13-15-5-3-9-19-12-15/h3,5,7-9,11-12H,4,6,10,13H2,1-2H3,(H,20,21). The van der Waals surface area contributed by atoms with Gasteiger partial charge in [-0.05, 0) is 56.3 Å². The van der Waals surface area contributed by atoms with Crippen LogP contribution >= 0.6 is 0 Å². The molecule has 0 aliphatic heterocycles. The lowest BCUT2D eigenvalue weighted by Gasteiger charge is -2.15. The van der Waals surface area contributed by atoms with E-state index in [9.17, 15) is 0 Å². The molecule has 0 atom stereocenters. The Morgan fingerprint density at radius 3 is 2.95 bits per heavy atom. The Hall–Kier alpha value is -2.20. The monoisotopic (exact) mass is 294 g/mol. The smallest absolute Gasteiger partial charge is 0.107 e. The Morgan fingerprint density at radius 1 is 1.23 bits per heavy atom. The molecule has 0 bridgehead atoms. The number of hydrogen-bond acceptors (Lipinski definition) is 3. The van der Waals surface area contributed by atoms with Crippen LogP contribution in [0.25, 0.3) is 11.0 Å². The zero-order valence-electron chi connectivity index (χ0n) is 13.2. The molecule has 3 rings (SSSR count). The van der Waals surface area contributed by atoms with Crippen molar-refractivity contribution in [2.24, 2.45) is 0 Å². The second kappa shape index (κ2) is 6.71. The van der Waals surface area contributed by atoms with Gasteiger partial charge in [0.1, 0.15) is 5.82 Å². The van der Waals surface area contributed by atoms with E-state index in [-0.39, 0.29) is 0 Å². The zero-order chi connectivity index (χ0) is 15.4. The molecule has 2 aromatic heterocycles. The molecule has 0 fully saturated rings. The van der Waals surface area contributed by atoms with Gasteiger partial charge >= 0.3 is 0 Å². The van der Waals surface area contributed by atoms with Crippen LogP contribution in [-0.2, 0) is 13.0 Å². The van der Waals surface area contributed by atoms with Crippen LogP contribution in [0.5, 0.6) is 0 Å². The molecule has 1 aromatic carbocycles. The molecule has 0 spiro atoms. The minimum Gasteiger partial charge on any atom is -0.342 e. The van der Waals surface area contributed by atoms with Crippen molar-refractivity contribution < 1.29 is 0 Å². The van der Waals surface area contributed by atoms with E-state index in [0.717, 1.165) is 42.8 Å². The average molecular weight is 294 g/mol. The molecule has 2 heterocycles. The van der Waals surface area contributed by atoms with E-state index in [1.54, 1.807) is 0 Å². The lowest BCUT2D eigenvalue weighted by Crippen LogP contribution is -2.19. The van der Waals surface area contributed by atoms with Gasteiger partial charge in [-0.15, -0.1) is 0 Å². The van der Waals surface area contributed by atoms with Crippen LogP contribution in [0, 0.1) is 6.92 Å². The minimum atomic E-state index is 0.938. The predicted molar refractivity (Wildman–Crippen MR) is 89.7 cm³/mol. The van der Waals surface area contributed by atoms with Crippen molar-refractivity contribution in [1.82, 2.24) is 19.9 Å². The molecule has 0 unspecified atom stereocenters. The number of aryl methyl sites for hydroxylation is 2. The molecular weight excluding hydrogens is 272 g/mol. The fraction of sp³-hybridized carbons (Fsp3) is 0.333. The maximum absolute atomic E-state index is 4.65. The molecular formula is C18H22N4. The predicted octanol–water partition coefficient (Wildman–Crippen LogP) is 3.33. The SMILES string of the molecule is Cc1ccc2nc(CCCN(C)Cc3cccnc3)[nH]c2c1. The number of H-pyrrole nitrogens is 1. The number of aromatic nitrogens is 3. The Labute approximate surface area is 131 Å². The minimum absolute atomic E-state index is 0.938. The molecule has 4 nitrogen and oxygen atoms in total. The highest BCUT2D eigenvalue weighted by Crippen LogP contribution is 2.14. The lowest BCUT2D eigenvalue weighted by atomic mass is 10.2. The number of aromatic amines is 1. The number of nitrogens with one attached hydrogen (secondary N) is 1. The average Bonchev–Trinajstić information content (AvgIpc) is 2.90. The van der Waals surface area contributed by atoms with Crippen molar-refractivity contribution in [3.8, 4) is 0 Å². The molecule has 4 heteroatoms. The fourth-order valence-electron chi connectivity index (χ4n) is 2.69. The van der Waals surface area contributed by atoms with Crippen molar-refractivity contribution in [3.05, 3.63) is 59.7 Å². The molecule has 0 aliphatic rings. The van der Waals surface area contributed by atoms with E-state index in [0.29, 0.717) is 0 Å². The van der Waals surface area contributed by atoms with E-state index in [1.165, 1.54) is 11.1 Å². The van der Waals surface area contributed by atoms with Crippen LogP contribution in [-0.4, -0.2) is 33.4 Å². The first-order chi connectivity index (χ1) is 10.7. The van der Waals surface area contributed by atoms with Crippen molar-refractivity contribution in [2.75, 3.05) is 13.6 Å². The summed E-state index contributed by atoms with van der Waals surface area (Å²) < 4.78 is 0. The van der Waals surface area contributed by atoms with E-state index in [1.807, 2.05) is 18.5 Å². The van der Waals surface area contributed by atoms with E-state index < -0.39 is 0 Å². The summed E-state index contributed by atoms with van der Waals surface area (Å²) in [5.74, 6) is 1.08. The zero-order valence-corrected chi connectivity index (χ0v) is 13.2. The van der Waals surface area contributed by atoms with Crippen LogP contribution in [0.4, 0.5) is 0 Å². The number of fused-ring (bicyclic) bond motifs is 1. The summed E-state index contributed by atoms with van der Waals surface area (Å²) in [6, 6.07) is 10.4. The lowest BCUT2D eigenvalue weighted by molar-refractivity contribution is 0.321. The number of benzene rings is 1. The van der Waals surface area contributed by atoms with E-state index >= 15 is 0 Å². The van der Waals surface area contributed by atoms with Gasteiger partial charge < -0.3 is 9.88 Å². The number of hydrogen-bond donors (Lipinski definition) is 1. The van der Waals surface area contributed by atoms with E-state index in [4.69, 9.17) is 0 Å². The van der Waals surface area contributed by atoms with Crippen LogP contribution in [0.15, 0.2) is 42.7 Å². The molecule has 3 aromatic rings. The van der Waals surface area contributed by atoms with Gasteiger partial charge in [0.15, 0.2) is 0 Å². The van der Waals surface area contributed by atoms with Crippen molar-refractivity contribution in [1.29, 1.82) is 0 Å². The summed E-state index contributed by atoms with van der Waals surface area (Å²) in [7, 11) is 2.15. The molecule has 0 radical (unpaired) electrons. The van der Waals surface area contributed by atoms with Crippen LogP contribution in [0.3, 0.4) is 0 Å². The quantitative estimate of drug-likeness (QED) is 0.758. The third-order valence-electron chi connectivity index (χ3n) is 3.82. The Bertz CT molecular complexity index is 733. The second-order valence-electron chi connectivity index (χ2n) is 5.91. The molecule has 0 amide bonds. The summed E-state index contributed by atoms with van der Waals surface area (Å²) in [5.41, 5.74) is 4.71. The summed E-state index contributed by atoms with van der Waals surface area (Å²) in [5, 5.41) is 0. The Kier molecular flexibility index (Phi) is 4.49. The largest absolute Gasteiger partial charge is 0.342 e. The Morgan fingerprint density at radius 2 is 2.14 bits per heavy atom. The van der Waals surface area contributed by atoms with Gasteiger partial charge in [0, 0.05) is 25.4 Å². The second-order valence-corrected chi connectivity index (χ2v) is 5.91. The molecule has 0 saturated carbocycles. The van der Waals surface area contributed by atoms with Gasteiger partial charge in [0.25, 0.3) is 0 Å². The van der Waals surface area contributed by atoms with Crippen molar-refractivity contribution >= 4 is 11.0 Å². The highest BCUT2D eigenvalue weighted by molar-refractivity contribution is 5.75. The molecule has 22 heavy (non-hydrogen) atoms. The van der Waals surface area contributed by atoms with E-state index in [2.05, 4.69) is 58.1 Å². The van der Waals surface area contributed by atoms with Gasteiger partial charge in [-0.2, -0.15) is 0 Å². The fourth-order valence-corrected chi connectivity index (χ4v) is 2.69. The number of nitrogens with zero attached hydrogens (tertiary/aromatic N) is 3. The topological polar surface area (TPSA) is 44.8 Å². The summed E-state index contributed by atoms with van der Waals surface area (Å²) in [6.07, 6.45) is 5.81. The van der Waals surface area contributed by atoms with Gasteiger partial charge in [-0.25, -0.2) is 4.98 Å². The van der Waals surface area contributed by atoms with Crippen LogP contribution < -0.4 is 0 Å². The highest BCUT2D eigenvalue weighted by atomic mass is 15.1. The van der Waals surface area contributed by atoms with Gasteiger partial charge in [0.2, 0.25) is 0 Å². The van der Waals surface area contributed by atoms with Crippen LogP contribution in [0.2, 0.25) is 0 Å². The van der Waals surface area contributed by atoms with Gasteiger partial charge in [-0.3, -0.25) is 4.98 Å². The Balaban J connectivity index is 1.51. The summed E-state index contributed by atoms with van der Waals surface area (Å²) in [4.78, 5) is 14.5. The molecule has 0 saturated heterocycles. The van der Waals surface area contributed by atoms with Crippen LogP contribution in [0.1, 0.15) is 23.4 Å². The first-order valence-corrected chi connectivity index (χ1v) is 7.73. The highest BCUT2D eigenvalue weighted by Gasteiger charge is 2.04. The number of pyridine rings is 1. The molecule has 114 valence electrons. The molecule has 1 N–H and O–H groups in total. The maximum atomic E-state index is 4.65. The normalized spacial score (nSPS) is 11.4. The number of rotatable bonds is 6. The number of imidazole rings is 1. The molecule has 0 aliphatic carbocycles. The first kappa shape index (κ1) is 14.7. The van der Waals surface area contributed by atoms with Crippen molar-refractivity contribution in [3.63, 3.8) is 0 Å². The maximum Gasteiger partial charge on any atom is 0.107 e. The third-order valence-corrected chi connectivity index (χ3v) is 3.82. The van der Waals surface area contributed by atoms with Gasteiger partial charge in [-0.1, -0.05) is 12.1 Å². The summed E-state index contributed by atoms with van der Waals surface area (Å²) in [6.45, 7) is 4.09. The third kappa shape index (κ3) is 3.71. The van der Waals surface area contributed by atoms with Crippen molar-refractivity contribution in [2.45, 2.75) is 26.3 Å². The first-order valence-electron chi connectivity index (χ1n) is 7.73.